The number of benzene rings is 3. The second-order valence-corrected chi connectivity index (χ2v) is 10.2. The Morgan fingerprint density at radius 3 is 2.62 bits per heavy atom. The molecule has 42 heavy (non-hydrogen) atoms. The van der Waals surface area contributed by atoms with Crippen molar-refractivity contribution in [1.29, 1.82) is 0 Å². The Morgan fingerprint density at radius 2 is 1.86 bits per heavy atom. The number of hydrogen-bond acceptors (Lipinski definition) is 8. The van der Waals surface area contributed by atoms with Gasteiger partial charge in [0.1, 0.15) is 11.3 Å². The van der Waals surface area contributed by atoms with Crippen LogP contribution in [0, 0.1) is 5.82 Å². The average molecular weight is 570 g/mol. The molecule has 0 fully saturated rings. The summed E-state index contributed by atoms with van der Waals surface area (Å²) in [5.74, 6) is -1.22. The van der Waals surface area contributed by atoms with E-state index in [1.54, 1.807) is 66.5 Å². The van der Waals surface area contributed by atoms with Gasteiger partial charge in [-0.15, -0.1) is 0 Å². The summed E-state index contributed by atoms with van der Waals surface area (Å²) < 4.78 is 22.5. The van der Waals surface area contributed by atoms with Crippen molar-refractivity contribution in [2.24, 2.45) is 7.05 Å². The molecule has 1 aliphatic rings. The van der Waals surface area contributed by atoms with Crippen LogP contribution in [0.2, 0.25) is 0 Å². The molecule has 1 atom stereocenters. The number of nitrogens with zero attached hydrogens (tertiary/aromatic N) is 5. The van der Waals surface area contributed by atoms with Gasteiger partial charge in [-0.25, -0.2) is 14.4 Å². The van der Waals surface area contributed by atoms with Gasteiger partial charge in [0.25, 0.3) is 17.4 Å². The van der Waals surface area contributed by atoms with Crippen molar-refractivity contribution in [1.82, 2.24) is 19.4 Å². The summed E-state index contributed by atoms with van der Waals surface area (Å²) in [6.45, 7) is 0.348. The number of likely N-dealkylation sites (N-methyl/N-ethyl adjacent to an activating group) is 1. The third-order valence-electron chi connectivity index (χ3n) is 7.60. The molecule has 2 N–H and O–H groups in total. The number of amides is 1. The number of aromatic hydroxyl groups is 1. The number of oxazole rings is 1. The van der Waals surface area contributed by atoms with Crippen LogP contribution in [0.5, 0.6) is 5.75 Å². The van der Waals surface area contributed by atoms with Gasteiger partial charge in [0.15, 0.2) is 11.3 Å². The van der Waals surface area contributed by atoms with Gasteiger partial charge in [-0.2, -0.15) is 0 Å². The molecule has 0 saturated carbocycles. The molecule has 3 aromatic carbocycles. The first-order valence-electron chi connectivity index (χ1n) is 13.4. The van der Waals surface area contributed by atoms with Crippen LogP contribution in [-0.4, -0.2) is 62.3 Å². The highest BCUT2D eigenvalue weighted by Crippen LogP contribution is 2.40. The number of hydrogen-bond donors (Lipinski definition) is 2. The van der Waals surface area contributed by atoms with Gasteiger partial charge in [-0.05, 0) is 47.9 Å². The molecule has 214 valence electrons. The Hall–Kier alpha value is -5.03. The Labute approximate surface area is 239 Å². The molecular weight excluding hydrogens is 541 g/mol. The minimum atomic E-state index is -0.759. The monoisotopic (exact) mass is 569 g/mol. The number of aliphatic hydroxyl groups is 1. The Bertz CT molecular complexity index is 1850. The van der Waals surface area contributed by atoms with E-state index >= 15 is 4.39 Å². The van der Waals surface area contributed by atoms with Crippen LogP contribution in [0.4, 0.5) is 10.3 Å². The normalized spacial score (nSPS) is 14.7. The van der Waals surface area contributed by atoms with E-state index < -0.39 is 23.2 Å². The van der Waals surface area contributed by atoms with Gasteiger partial charge in [0.05, 0.1) is 12.6 Å². The van der Waals surface area contributed by atoms with E-state index in [9.17, 15) is 19.8 Å². The fourth-order valence-electron chi connectivity index (χ4n) is 5.43. The molecule has 10 nitrogen and oxygen atoms in total. The van der Waals surface area contributed by atoms with Crippen LogP contribution >= 0.6 is 0 Å². The van der Waals surface area contributed by atoms with Gasteiger partial charge < -0.3 is 24.4 Å². The summed E-state index contributed by atoms with van der Waals surface area (Å²) in [4.78, 5) is 38.7. The van der Waals surface area contributed by atoms with E-state index in [1.807, 2.05) is 6.07 Å². The number of carbonyl (C=O) groups excluding carboxylic acids is 1. The van der Waals surface area contributed by atoms with E-state index in [2.05, 4.69) is 9.97 Å². The van der Waals surface area contributed by atoms with E-state index in [-0.39, 0.29) is 36.6 Å². The van der Waals surface area contributed by atoms with Crippen LogP contribution in [0.3, 0.4) is 0 Å². The summed E-state index contributed by atoms with van der Waals surface area (Å²) in [7, 11) is 3.08. The van der Waals surface area contributed by atoms with Crippen molar-refractivity contribution >= 4 is 23.0 Å². The number of aromatic nitrogens is 3. The summed E-state index contributed by atoms with van der Waals surface area (Å²) in [6, 6.07) is 17.9. The molecule has 1 amide bonds. The minimum absolute atomic E-state index is 0.0210. The van der Waals surface area contributed by atoms with Gasteiger partial charge in [0, 0.05) is 38.3 Å². The van der Waals surface area contributed by atoms with Crippen molar-refractivity contribution < 1.29 is 23.8 Å². The van der Waals surface area contributed by atoms with Crippen molar-refractivity contribution in [3.63, 3.8) is 0 Å². The summed E-state index contributed by atoms with van der Waals surface area (Å²) in [5.41, 5.74) is 2.47. The van der Waals surface area contributed by atoms with E-state index in [0.29, 0.717) is 40.8 Å². The summed E-state index contributed by atoms with van der Waals surface area (Å²) in [6.07, 6.45) is 0.524. The number of anilines is 1. The summed E-state index contributed by atoms with van der Waals surface area (Å²) >= 11 is 0. The number of para-hydroxylation sites is 2. The molecule has 2 aromatic heterocycles. The van der Waals surface area contributed by atoms with E-state index in [4.69, 9.17) is 4.42 Å². The van der Waals surface area contributed by atoms with Crippen LogP contribution in [-0.2, 0) is 13.5 Å². The highest BCUT2D eigenvalue weighted by atomic mass is 19.1. The molecule has 0 saturated heterocycles. The first-order valence-corrected chi connectivity index (χ1v) is 13.4. The number of carbonyl (C=O) groups is 1. The minimum Gasteiger partial charge on any atom is -0.501 e. The maximum Gasteiger partial charge on any atom is 0.297 e. The maximum atomic E-state index is 15.5. The molecule has 0 spiro atoms. The molecule has 1 aliphatic heterocycles. The highest BCUT2D eigenvalue weighted by molar-refractivity contribution is 5.94. The standard InChI is InChI=1S/C31H28FN5O5/c1-35(15-16-38)29(40)19-12-11-18-13-14-37(26(21(18)17-19)20-7-3-4-8-22(20)32)31-34-25(27(39)30(41)36(31)2)28-33-23-9-5-6-10-24(23)42-28/h3-12,17,26,38-39H,13-16H2,1-2H3/t26-/m1/s1. The lowest BCUT2D eigenvalue weighted by Crippen LogP contribution is -2.41. The maximum absolute atomic E-state index is 15.5. The zero-order chi connectivity index (χ0) is 29.5. The second kappa shape index (κ2) is 10.7. The van der Waals surface area contributed by atoms with Gasteiger partial charge in [-0.3, -0.25) is 14.2 Å². The molecule has 5 aromatic rings. The predicted octanol–water partition coefficient (Wildman–Crippen LogP) is 3.65. The zero-order valence-corrected chi connectivity index (χ0v) is 23.0. The fourth-order valence-corrected chi connectivity index (χ4v) is 5.43. The summed E-state index contributed by atoms with van der Waals surface area (Å²) in [5, 5.41) is 20.1. The lowest BCUT2D eigenvalue weighted by molar-refractivity contribution is 0.0767. The van der Waals surface area contributed by atoms with E-state index in [0.717, 1.165) is 5.56 Å². The molecule has 0 unspecified atom stereocenters. The van der Waals surface area contributed by atoms with Crippen molar-refractivity contribution in [3.05, 3.63) is 105 Å². The smallest absolute Gasteiger partial charge is 0.297 e. The van der Waals surface area contributed by atoms with Crippen molar-refractivity contribution in [3.8, 4) is 17.3 Å². The van der Waals surface area contributed by atoms with Gasteiger partial charge in [0.2, 0.25) is 11.7 Å². The van der Waals surface area contributed by atoms with Gasteiger partial charge in [-0.1, -0.05) is 36.4 Å². The van der Waals surface area contributed by atoms with E-state index in [1.165, 1.54) is 22.6 Å². The molecule has 0 aliphatic carbocycles. The zero-order valence-electron chi connectivity index (χ0n) is 23.0. The first-order chi connectivity index (χ1) is 20.3. The molecule has 6 rings (SSSR count). The predicted molar refractivity (Wildman–Crippen MR) is 154 cm³/mol. The van der Waals surface area contributed by atoms with Crippen molar-refractivity contribution in [2.75, 3.05) is 31.6 Å². The molecule has 11 heteroatoms. The van der Waals surface area contributed by atoms with Crippen LogP contribution in [0.1, 0.15) is 33.1 Å². The van der Waals surface area contributed by atoms with Crippen molar-refractivity contribution in [2.45, 2.75) is 12.5 Å². The number of fused-ring (bicyclic) bond motifs is 2. The van der Waals surface area contributed by atoms with Crippen LogP contribution in [0.15, 0.2) is 75.9 Å². The molecule has 0 bridgehead atoms. The second-order valence-electron chi connectivity index (χ2n) is 10.2. The van der Waals surface area contributed by atoms with Crippen LogP contribution in [0.25, 0.3) is 22.7 Å². The van der Waals surface area contributed by atoms with Crippen LogP contribution < -0.4 is 10.5 Å². The molecule has 0 radical (unpaired) electrons. The number of aliphatic hydroxyl groups excluding tert-OH is 1. The fraction of sp³-hybridized carbons (Fsp3) is 0.226. The number of halogens is 1. The quantitative estimate of drug-likeness (QED) is 0.318. The Kier molecular flexibility index (Phi) is 6.95. The Balaban J connectivity index is 1.53. The Morgan fingerprint density at radius 1 is 1.10 bits per heavy atom. The first kappa shape index (κ1) is 27.2. The lowest BCUT2D eigenvalue weighted by atomic mass is 9.86. The SMILES string of the molecule is CN(CCO)C(=O)c1ccc2c(c1)[C@@H](c1ccccc1F)N(c1nc(-c3nc4ccccc4o3)c(O)c(=O)n1C)CC2. The number of rotatable bonds is 6. The largest absolute Gasteiger partial charge is 0.501 e. The third kappa shape index (κ3) is 4.57. The average Bonchev–Trinajstić information content (AvgIpc) is 3.43. The molecular formula is C31H28FN5O5. The highest BCUT2D eigenvalue weighted by Gasteiger charge is 2.35. The van der Waals surface area contributed by atoms with Gasteiger partial charge >= 0.3 is 0 Å². The molecule has 3 heterocycles. The lowest BCUT2D eigenvalue weighted by Gasteiger charge is -2.39. The third-order valence-corrected chi connectivity index (χ3v) is 7.60. The topological polar surface area (TPSA) is 125 Å².